The molecular weight excluding hydrogens is 481 g/mol. The third-order valence-electron chi connectivity index (χ3n) is 5.94. The number of hydrogen-bond donors (Lipinski definition) is 5. The van der Waals surface area contributed by atoms with Gasteiger partial charge in [-0.2, -0.15) is 0 Å². The van der Waals surface area contributed by atoms with E-state index in [4.69, 9.17) is 5.84 Å². The number of halogens is 1. The minimum atomic E-state index is -0.658. The second kappa shape index (κ2) is 11.0. The normalized spacial score (nSPS) is 11.9. The molecule has 2 aromatic carbocycles. The topological polar surface area (TPSA) is 168 Å². The van der Waals surface area contributed by atoms with Gasteiger partial charge in [-0.25, -0.2) is 20.0 Å². The Bertz CT molecular complexity index is 1560. The van der Waals surface area contributed by atoms with Gasteiger partial charge < -0.3 is 10.3 Å². The number of anilines is 1. The minimum Gasteiger partial charge on any atom is -0.336 e. The van der Waals surface area contributed by atoms with Gasteiger partial charge in [-0.05, 0) is 42.2 Å². The summed E-state index contributed by atoms with van der Waals surface area (Å²) in [5.74, 6) is 3.97. The molecule has 0 radical (unpaired) electrons. The molecule has 0 saturated carbocycles. The number of imidazole rings is 1. The summed E-state index contributed by atoms with van der Waals surface area (Å²) in [6.07, 6.45) is 0.581. The van der Waals surface area contributed by atoms with Crippen LogP contribution in [-0.4, -0.2) is 31.3 Å². The summed E-state index contributed by atoms with van der Waals surface area (Å²) in [4.78, 5) is 57.9. The molecular formula is C25H26FN7O4. The quantitative estimate of drug-likeness (QED) is 0.131. The Morgan fingerprint density at radius 1 is 1.11 bits per heavy atom. The Labute approximate surface area is 209 Å². The van der Waals surface area contributed by atoms with Crippen molar-refractivity contribution in [3.63, 3.8) is 0 Å². The number of rotatable bonds is 9. The van der Waals surface area contributed by atoms with E-state index in [1.165, 1.54) is 17.6 Å². The number of benzene rings is 2. The fourth-order valence-corrected chi connectivity index (χ4v) is 4.16. The van der Waals surface area contributed by atoms with Crippen LogP contribution in [0.4, 0.5) is 10.1 Å². The van der Waals surface area contributed by atoms with Crippen LogP contribution in [0, 0.1) is 5.82 Å². The molecule has 0 aliphatic heterocycles. The van der Waals surface area contributed by atoms with Crippen molar-refractivity contribution in [3.05, 3.63) is 92.1 Å². The maximum absolute atomic E-state index is 14.6. The number of aromatic nitrogens is 4. The lowest BCUT2D eigenvalue weighted by Gasteiger charge is -2.16. The van der Waals surface area contributed by atoms with Gasteiger partial charge in [0.25, 0.3) is 5.56 Å². The van der Waals surface area contributed by atoms with Crippen molar-refractivity contribution in [2.45, 2.75) is 38.6 Å². The number of nitrogens with zero attached hydrogens (tertiary/aromatic N) is 2. The molecule has 1 unspecified atom stereocenters. The Hall–Kier alpha value is -4.58. The number of nitrogens with one attached hydrogen (secondary N) is 4. The van der Waals surface area contributed by atoms with Crippen molar-refractivity contribution < 1.29 is 14.0 Å². The third-order valence-corrected chi connectivity index (χ3v) is 5.94. The second-order valence-electron chi connectivity index (χ2n) is 8.55. The molecule has 0 aliphatic rings. The van der Waals surface area contributed by atoms with Crippen molar-refractivity contribution in [2.75, 3.05) is 5.32 Å². The number of hydrazine groups is 1. The summed E-state index contributed by atoms with van der Waals surface area (Å²) in [5, 5.41) is 2.70. The molecule has 6 N–H and O–H groups in total. The number of nitrogens with two attached hydrogens (primary N) is 1. The Balaban J connectivity index is 1.78. The number of fused-ring (bicyclic) bond motifs is 1. The first-order chi connectivity index (χ1) is 17.8. The fraction of sp³-hybridized carbons (Fsp3) is 0.240. The lowest BCUT2D eigenvalue weighted by Crippen LogP contribution is -2.32. The van der Waals surface area contributed by atoms with Gasteiger partial charge in [0.1, 0.15) is 17.2 Å². The van der Waals surface area contributed by atoms with E-state index in [1.54, 1.807) is 42.5 Å². The number of hydrogen-bond acceptors (Lipinski definition) is 6. The molecule has 0 saturated heterocycles. The van der Waals surface area contributed by atoms with E-state index in [9.17, 15) is 23.6 Å². The number of carbonyl (C=O) groups is 2. The van der Waals surface area contributed by atoms with Crippen LogP contribution < -0.4 is 27.8 Å². The molecule has 2 amide bonds. The molecule has 192 valence electrons. The SMILES string of the molecule is CC(=O)Nc1ccc(C(Cc2ccccc2F)c2nc3c([nH]2)c(=O)[nH]c(=O)n3CCCC(=O)NN)cc1. The van der Waals surface area contributed by atoms with Gasteiger partial charge in [0, 0.05) is 31.5 Å². The highest BCUT2D eigenvalue weighted by molar-refractivity contribution is 5.88. The van der Waals surface area contributed by atoms with Crippen LogP contribution in [0.3, 0.4) is 0 Å². The monoisotopic (exact) mass is 507 g/mol. The summed E-state index contributed by atoms with van der Waals surface area (Å²) in [5.41, 5.74) is 2.74. The van der Waals surface area contributed by atoms with Crippen molar-refractivity contribution in [2.24, 2.45) is 5.84 Å². The van der Waals surface area contributed by atoms with Gasteiger partial charge in [-0.15, -0.1) is 0 Å². The van der Waals surface area contributed by atoms with E-state index in [1.807, 2.05) is 5.43 Å². The molecule has 2 aromatic heterocycles. The van der Waals surface area contributed by atoms with E-state index in [2.05, 4.69) is 20.3 Å². The van der Waals surface area contributed by atoms with Crippen LogP contribution in [0.15, 0.2) is 58.1 Å². The number of aryl methyl sites for hydroxylation is 1. The van der Waals surface area contributed by atoms with Crippen LogP contribution in [0.1, 0.15) is 42.6 Å². The second-order valence-corrected chi connectivity index (χ2v) is 8.55. The van der Waals surface area contributed by atoms with E-state index >= 15 is 0 Å². The molecule has 2 heterocycles. The zero-order valence-electron chi connectivity index (χ0n) is 20.0. The highest BCUT2D eigenvalue weighted by Gasteiger charge is 2.23. The molecule has 1 atom stereocenters. The summed E-state index contributed by atoms with van der Waals surface area (Å²) >= 11 is 0. The zero-order chi connectivity index (χ0) is 26.5. The van der Waals surface area contributed by atoms with Gasteiger partial charge in [0.2, 0.25) is 11.8 Å². The standard InChI is InChI=1S/C25H26FN7O4/c1-14(34)28-17-10-8-15(9-11-17)18(13-16-5-2-3-6-19(16)26)22-29-21-23(30-22)33(25(37)31-24(21)36)12-4-7-20(35)32-27/h2-3,5-6,8-11,18H,4,7,12-13,27H2,1H3,(H,28,34)(H,29,30)(H,32,35)(H,31,36,37). The summed E-state index contributed by atoms with van der Waals surface area (Å²) in [6, 6.07) is 13.4. The van der Waals surface area contributed by atoms with Gasteiger partial charge in [0.15, 0.2) is 5.65 Å². The predicted molar refractivity (Wildman–Crippen MR) is 135 cm³/mol. The van der Waals surface area contributed by atoms with E-state index < -0.39 is 17.2 Å². The lowest BCUT2D eigenvalue weighted by molar-refractivity contribution is -0.121. The van der Waals surface area contributed by atoms with Crippen LogP contribution in [0.25, 0.3) is 11.2 Å². The largest absolute Gasteiger partial charge is 0.336 e. The molecule has 4 rings (SSSR count). The summed E-state index contributed by atoms with van der Waals surface area (Å²) < 4.78 is 15.9. The maximum atomic E-state index is 14.6. The van der Waals surface area contributed by atoms with Gasteiger partial charge >= 0.3 is 5.69 Å². The summed E-state index contributed by atoms with van der Waals surface area (Å²) in [6.45, 7) is 1.52. The van der Waals surface area contributed by atoms with Gasteiger partial charge in [0.05, 0.1) is 0 Å². The molecule has 37 heavy (non-hydrogen) atoms. The van der Waals surface area contributed by atoms with Crippen molar-refractivity contribution >= 4 is 28.7 Å². The smallest absolute Gasteiger partial charge is 0.330 e. The maximum Gasteiger partial charge on any atom is 0.330 e. The number of aromatic amines is 2. The van der Waals surface area contributed by atoms with Crippen LogP contribution >= 0.6 is 0 Å². The van der Waals surface area contributed by atoms with Gasteiger partial charge in [-0.3, -0.25) is 29.4 Å². The molecule has 12 heteroatoms. The Morgan fingerprint density at radius 2 is 1.84 bits per heavy atom. The average molecular weight is 508 g/mol. The minimum absolute atomic E-state index is 0.0807. The van der Waals surface area contributed by atoms with E-state index in [-0.39, 0.29) is 54.6 Å². The molecule has 0 fully saturated rings. The molecule has 0 bridgehead atoms. The van der Waals surface area contributed by atoms with Crippen molar-refractivity contribution in [3.8, 4) is 0 Å². The first-order valence-corrected chi connectivity index (χ1v) is 11.6. The van der Waals surface area contributed by atoms with Crippen LogP contribution in [0.5, 0.6) is 0 Å². The van der Waals surface area contributed by atoms with Crippen LogP contribution in [-0.2, 0) is 22.6 Å². The molecule has 0 aliphatic carbocycles. The fourth-order valence-electron chi connectivity index (χ4n) is 4.16. The highest BCUT2D eigenvalue weighted by atomic mass is 19.1. The Kier molecular flexibility index (Phi) is 7.58. The number of carbonyl (C=O) groups excluding carboxylic acids is 2. The van der Waals surface area contributed by atoms with Crippen molar-refractivity contribution in [1.82, 2.24) is 24.9 Å². The first-order valence-electron chi connectivity index (χ1n) is 11.6. The third kappa shape index (κ3) is 5.81. The number of H-pyrrole nitrogens is 2. The highest BCUT2D eigenvalue weighted by Crippen LogP contribution is 2.29. The van der Waals surface area contributed by atoms with Gasteiger partial charge in [-0.1, -0.05) is 30.3 Å². The molecule has 0 spiro atoms. The molecule has 11 nitrogen and oxygen atoms in total. The van der Waals surface area contributed by atoms with E-state index in [0.717, 1.165) is 5.56 Å². The Morgan fingerprint density at radius 3 is 2.51 bits per heavy atom. The van der Waals surface area contributed by atoms with Crippen LogP contribution in [0.2, 0.25) is 0 Å². The predicted octanol–water partition coefficient (Wildman–Crippen LogP) is 1.66. The summed E-state index contributed by atoms with van der Waals surface area (Å²) in [7, 11) is 0. The van der Waals surface area contributed by atoms with Crippen molar-refractivity contribution in [1.29, 1.82) is 0 Å². The average Bonchev–Trinajstić information content (AvgIpc) is 3.31. The number of amides is 2. The molecule has 4 aromatic rings. The van der Waals surface area contributed by atoms with E-state index in [0.29, 0.717) is 17.1 Å². The first kappa shape index (κ1) is 25.5. The zero-order valence-corrected chi connectivity index (χ0v) is 20.0. The lowest BCUT2D eigenvalue weighted by atomic mass is 9.91.